The van der Waals surface area contributed by atoms with E-state index in [2.05, 4.69) is 39.7 Å². The van der Waals surface area contributed by atoms with Crippen LogP contribution in [0.2, 0.25) is 0 Å². The first-order chi connectivity index (χ1) is 13.7. The fraction of sp³-hybridized carbons (Fsp3) is 0.227. The van der Waals surface area contributed by atoms with Gasteiger partial charge in [0.15, 0.2) is 11.5 Å². The molecular weight excluding hydrogens is 354 g/mol. The van der Waals surface area contributed by atoms with Crippen LogP contribution in [0.5, 0.6) is 0 Å². The quantitative estimate of drug-likeness (QED) is 0.706. The van der Waals surface area contributed by atoms with E-state index < -0.39 is 0 Å². The molecule has 2 aromatic carbocycles. The molecule has 1 amide bonds. The van der Waals surface area contributed by atoms with Crippen molar-refractivity contribution in [3.63, 3.8) is 0 Å². The molecule has 1 atom stereocenters. The summed E-state index contributed by atoms with van der Waals surface area (Å²) in [4.78, 5) is 16.5. The summed E-state index contributed by atoms with van der Waals surface area (Å²) in [6.45, 7) is 2.60. The molecule has 1 N–H and O–H groups in total. The van der Waals surface area contributed by atoms with Gasteiger partial charge in [0.25, 0.3) is 5.91 Å². The van der Waals surface area contributed by atoms with E-state index in [9.17, 15) is 4.79 Å². The molecule has 1 aromatic heterocycles. The largest absolute Gasteiger partial charge is 0.369 e. The van der Waals surface area contributed by atoms with Gasteiger partial charge in [0.2, 0.25) is 0 Å². The minimum atomic E-state index is -0.278. The number of hydrogen-bond donors (Lipinski definition) is 1. The van der Waals surface area contributed by atoms with Crippen LogP contribution in [0.3, 0.4) is 0 Å². The predicted octanol–water partition coefficient (Wildman–Crippen LogP) is 4.02. The molecule has 6 heteroatoms. The number of benzene rings is 2. The molecular formula is C22H21N3O3. The lowest BCUT2D eigenvalue weighted by Gasteiger charge is -2.18. The second-order valence-electron chi connectivity index (χ2n) is 6.77. The number of aliphatic imine (C=N–C) groups is 1. The SMILES string of the molecule is CC1=NC=CCC1NC(=O)c1cc(COCc2ccc3ccccc3c2)on1. The normalized spacial score (nSPS) is 16.2. The Morgan fingerprint density at radius 2 is 2.04 bits per heavy atom. The van der Waals surface area contributed by atoms with Gasteiger partial charge in [-0.25, -0.2) is 0 Å². The lowest BCUT2D eigenvalue weighted by molar-refractivity contribution is 0.0877. The monoisotopic (exact) mass is 375 g/mol. The highest BCUT2D eigenvalue weighted by Crippen LogP contribution is 2.17. The van der Waals surface area contributed by atoms with E-state index in [1.165, 1.54) is 10.8 Å². The van der Waals surface area contributed by atoms with Gasteiger partial charge < -0.3 is 14.6 Å². The van der Waals surface area contributed by atoms with Crippen molar-refractivity contribution in [3.05, 3.63) is 77.8 Å². The smallest absolute Gasteiger partial charge is 0.274 e. The molecule has 0 fully saturated rings. The average molecular weight is 375 g/mol. The number of ether oxygens (including phenoxy) is 1. The molecule has 1 aliphatic rings. The number of amides is 1. The average Bonchev–Trinajstić information content (AvgIpc) is 3.19. The highest BCUT2D eigenvalue weighted by molar-refractivity contribution is 5.98. The topological polar surface area (TPSA) is 76.7 Å². The van der Waals surface area contributed by atoms with Crippen LogP contribution in [0.15, 0.2) is 70.3 Å². The first-order valence-electron chi connectivity index (χ1n) is 9.20. The summed E-state index contributed by atoms with van der Waals surface area (Å²) in [6, 6.07) is 15.9. The Morgan fingerprint density at radius 3 is 2.89 bits per heavy atom. The molecule has 6 nitrogen and oxygen atoms in total. The molecule has 0 aliphatic carbocycles. The molecule has 0 radical (unpaired) electrons. The molecule has 28 heavy (non-hydrogen) atoms. The maximum Gasteiger partial charge on any atom is 0.274 e. The maximum atomic E-state index is 12.3. The Bertz CT molecular complexity index is 1050. The van der Waals surface area contributed by atoms with Gasteiger partial charge in [-0.05, 0) is 35.7 Å². The van der Waals surface area contributed by atoms with Gasteiger partial charge in [-0.1, -0.05) is 47.6 Å². The van der Waals surface area contributed by atoms with Crippen molar-refractivity contribution in [2.24, 2.45) is 4.99 Å². The number of nitrogens with one attached hydrogen (secondary N) is 1. The van der Waals surface area contributed by atoms with Gasteiger partial charge in [-0.15, -0.1) is 0 Å². The molecule has 142 valence electrons. The van der Waals surface area contributed by atoms with Crippen LogP contribution in [0.25, 0.3) is 10.8 Å². The fourth-order valence-corrected chi connectivity index (χ4v) is 3.11. The Morgan fingerprint density at radius 1 is 1.18 bits per heavy atom. The van der Waals surface area contributed by atoms with Gasteiger partial charge in [0.1, 0.15) is 6.61 Å². The molecule has 0 saturated carbocycles. The number of hydrogen-bond acceptors (Lipinski definition) is 5. The summed E-state index contributed by atoms with van der Waals surface area (Å²) >= 11 is 0. The van der Waals surface area contributed by atoms with E-state index in [1.807, 2.05) is 31.2 Å². The van der Waals surface area contributed by atoms with Crippen molar-refractivity contribution < 1.29 is 14.1 Å². The number of carbonyl (C=O) groups excluding carboxylic acids is 1. The number of aromatic nitrogens is 1. The maximum absolute atomic E-state index is 12.3. The lowest BCUT2D eigenvalue weighted by Crippen LogP contribution is -2.40. The van der Waals surface area contributed by atoms with Crippen LogP contribution in [0, 0.1) is 0 Å². The first-order valence-corrected chi connectivity index (χ1v) is 9.20. The van der Waals surface area contributed by atoms with Crippen molar-refractivity contribution in [1.82, 2.24) is 10.5 Å². The molecule has 2 heterocycles. The van der Waals surface area contributed by atoms with Gasteiger partial charge >= 0.3 is 0 Å². The van der Waals surface area contributed by atoms with E-state index in [-0.39, 0.29) is 24.2 Å². The first kappa shape index (κ1) is 18.1. The molecule has 4 rings (SSSR count). The Balaban J connectivity index is 1.31. The third-order valence-corrected chi connectivity index (χ3v) is 4.68. The van der Waals surface area contributed by atoms with Crippen LogP contribution in [0.1, 0.15) is 35.2 Å². The van der Waals surface area contributed by atoms with E-state index in [0.717, 1.165) is 17.7 Å². The zero-order valence-corrected chi connectivity index (χ0v) is 15.6. The lowest BCUT2D eigenvalue weighted by atomic mass is 10.1. The second kappa shape index (κ2) is 8.19. The summed E-state index contributed by atoms with van der Waals surface area (Å²) in [5.41, 5.74) is 2.20. The zero-order chi connectivity index (χ0) is 19.3. The van der Waals surface area contributed by atoms with Crippen LogP contribution < -0.4 is 5.32 Å². The molecule has 0 spiro atoms. The van der Waals surface area contributed by atoms with E-state index in [0.29, 0.717) is 12.4 Å². The van der Waals surface area contributed by atoms with E-state index in [4.69, 9.17) is 9.26 Å². The molecule has 0 bridgehead atoms. The number of rotatable bonds is 6. The van der Waals surface area contributed by atoms with Crippen molar-refractivity contribution >= 4 is 22.4 Å². The van der Waals surface area contributed by atoms with Crippen molar-refractivity contribution in [1.29, 1.82) is 0 Å². The van der Waals surface area contributed by atoms with Crippen LogP contribution in [0.4, 0.5) is 0 Å². The Kier molecular flexibility index (Phi) is 5.30. The van der Waals surface area contributed by atoms with Crippen molar-refractivity contribution in [2.45, 2.75) is 32.6 Å². The summed E-state index contributed by atoms with van der Waals surface area (Å²) in [6.07, 6.45) is 4.40. The minimum Gasteiger partial charge on any atom is -0.369 e. The van der Waals surface area contributed by atoms with Crippen LogP contribution in [-0.2, 0) is 18.0 Å². The summed E-state index contributed by atoms with van der Waals surface area (Å²) in [5, 5.41) is 9.14. The fourth-order valence-electron chi connectivity index (χ4n) is 3.11. The van der Waals surface area contributed by atoms with Crippen LogP contribution in [-0.4, -0.2) is 22.8 Å². The van der Waals surface area contributed by atoms with E-state index >= 15 is 0 Å². The van der Waals surface area contributed by atoms with Gasteiger partial charge in [-0.3, -0.25) is 9.79 Å². The summed E-state index contributed by atoms with van der Waals surface area (Å²) in [7, 11) is 0. The minimum absolute atomic E-state index is 0.109. The molecule has 1 unspecified atom stereocenters. The van der Waals surface area contributed by atoms with Gasteiger partial charge in [0, 0.05) is 18.0 Å². The molecule has 0 saturated heterocycles. The number of nitrogens with zero attached hydrogens (tertiary/aromatic N) is 2. The highest BCUT2D eigenvalue weighted by atomic mass is 16.5. The number of fused-ring (bicyclic) bond motifs is 1. The van der Waals surface area contributed by atoms with Crippen molar-refractivity contribution in [2.75, 3.05) is 0 Å². The molecule has 1 aliphatic heterocycles. The Labute approximate surface area is 162 Å². The zero-order valence-electron chi connectivity index (χ0n) is 15.6. The van der Waals surface area contributed by atoms with Gasteiger partial charge in [0.05, 0.1) is 12.6 Å². The second-order valence-corrected chi connectivity index (χ2v) is 6.77. The third-order valence-electron chi connectivity index (χ3n) is 4.68. The van der Waals surface area contributed by atoms with E-state index in [1.54, 1.807) is 12.3 Å². The van der Waals surface area contributed by atoms with Crippen molar-refractivity contribution in [3.8, 4) is 0 Å². The number of carbonyl (C=O) groups is 1. The standard InChI is InChI=1S/C22H21N3O3/c1-15-20(7-4-10-23-15)24-22(26)21-12-19(28-25-21)14-27-13-16-8-9-17-5-2-3-6-18(17)11-16/h2-6,8-12,20H,7,13-14H2,1H3,(H,24,26). The predicted molar refractivity (Wildman–Crippen MR) is 107 cm³/mol. The molecule has 3 aromatic rings. The van der Waals surface area contributed by atoms with Crippen LogP contribution >= 0.6 is 0 Å². The van der Waals surface area contributed by atoms with Gasteiger partial charge in [-0.2, -0.15) is 0 Å². The summed E-state index contributed by atoms with van der Waals surface area (Å²) < 4.78 is 11.0. The summed E-state index contributed by atoms with van der Waals surface area (Å²) in [5.74, 6) is 0.235. The third kappa shape index (κ3) is 4.18. The highest BCUT2D eigenvalue weighted by Gasteiger charge is 2.19. The Hall–Kier alpha value is -3.25.